The number of carbonyl (C=O) groups excluding carboxylic acids is 4. The maximum Gasteiger partial charge on any atom is 0.345 e. The van der Waals surface area contributed by atoms with Crippen molar-refractivity contribution in [3.8, 4) is 0 Å². The van der Waals surface area contributed by atoms with E-state index in [4.69, 9.17) is 0 Å². The third-order valence-electron chi connectivity index (χ3n) is 1.99. The number of hydrogen-bond donors (Lipinski definition) is 0. The van der Waals surface area contributed by atoms with Crippen LogP contribution in [0.2, 0.25) is 0 Å². The summed E-state index contributed by atoms with van der Waals surface area (Å²) in [5, 5.41) is 2.15. The van der Waals surface area contributed by atoms with Crippen LogP contribution in [-0.2, 0) is 38.1 Å². The first-order chi connectivity index (χ1) is 9.92. The SMILES string of the molecule is COC(=O)C(=CSC=C(C(=O)OC)C(=O)OC)C(=O)OC. The van der Waals surface area contributed by atoms with Crippen molar-refractivity contribution in [1.29, 1.82) is 0 Å². The molecule has 0 aromatic heterocycles. The fraction of sp³-hybridized carbons (Fsp3) is 0.333. The molecule has 0 saturated carbocycles. The van der Waals surface area contributed by atoms with Crippen molar-refractivity contribution in [3.63, 3.8) is 0 Å². The minimum Gasteiger partial charge on any atom is -0.465 e. The van der Waals surface area contributed by atoms with Crippen LogP contribution in [0.5, 0.6) is 0 Å². The Bertz CT molecular complexity index is 411. The van der Waals surface area contributed by atoms with Crippen LogP contribution in [0.25, 0.3) is 0 Å². The smallest absolute Gasteiger partial charge is 0.345 e. The minimum atomic E-state index is -0.916. The molecule has 0 aliphatic carbocycles. The molecule has 0 fully saturated rings. The molecule has 9 heteroatoms. The van der Waals surface area contributed by atoms with Crippen LogP contribution in [0.4, 0.5) is 0 Å². The van der Waals surface area contributed by atoms with Gasteiger partial charge >= 0.3 is 23.9 Å². The Balaban J connectivity index is 5.29. The average Bonchev–Trinajstić information content (AvgIpc) is 2.52. The quantitative estimate of drug-likeness (QED) is 0.223. The van der Waals surface area contributed by atoms with Gasteiger partial charge in [0.1, 0.15) is 0 Å². The van der Waals surface area contributed by atoms with E-state index < -0.39 is 35.0 Å². The van der Waals surface area contributed by atoms with Gasteiger partial charge in [-0.2, -0.15) is 0 Å². The van der Waals surface area contributed by atoms with Gasteiger partial charge in [0, 0.05) is 0 Å². The zero-order valence-corrected chi connectivity index (χ0v) is 12.6. The molecule has 0 aromatic carbocycles. The van der Waals surface area contributed by atoms with E-state index in [1.807, 2.05) is 0 Å². The maximum absolute atomic E-state index is 11.4. The molecule has 8 nitrogen and oxygen atoms in total. The molecule has 0 aliphatic heterocycles. The van der Waals surface area contributed by atoms with Gasteiger partial charge in [0.2, 0.25) is 0 Å². The predicted octanol–water partition coefficient (Wildman–Crippen LogP) is 0.179. The van der Waals surface area contributed by atoms with Crippen LogP contribution in [0.3, 0.4) is 0 Å². The van der Waals surface area contributed by atoms with Crippen molar-refractivity contribution in [2.75, 3.05) is 28.4 Å². The van der Waals surface area contributed by atoms with Gasteiger partial charge < -0.3 is 18.9 Å². The lowest BCUT2D eigenvalue weighted by atomic mass is 10.3. The molecule has 0 aromatic rings. The van der Waals surface area contributed by atoms with Crippen LogP contribution in [0, 0.1) is 0 Å². The number of ether oxygens (including phenoxy) is 4. The van der Waals surface area contributed by atoms with Gasteiger partial charge in [-0.15, -0.1) is 11.8 Å². The Labute approximate surface area is 125 Å². The molecule has 0 saturated heterocycles. The molecule has 0 spiro atoms. The van der Waals surface area contributed by atoms with Gasteiger partial charge in [-0.3, -0.25) is 0 Å². The summed E-state index contributed by atoms with van der Waals surface area (Å²) < 4.78 is 17.6. The third-order valence-corrected chi connectivity index (χ3v) is 2.74. The highest BCUT2D eigenvalue weighted by molar-refractivity contribution is 8.05. The van der Waals surface area contributed by atoms with Gasteiger partial charge in [0.15, 0.2) is 11.1 Å². The summed E-state index contributed by atoms with van der Waals surface area (Å²) in [7, 11) is 4.36. The van der Waals surface area contributed by atoms with Crippen LogP contribution < -0.4 is 0 Å². The van der Waals surface area contributed by atoms with Crippen molar-refractivity contribution in [2.45, 2.75) is 0 Å². The van der Waals surface area contributed by atoms with Gasteiger partial charge in [0.25, 0.3) is 0 Å². The molecular weight excluding hydrogens is 304 g/mol. The second kappa shape index (κ2) is 9.59. The van der Waals surface area contributed by atoms with Crippen LogP contribution in [0.1, 0.15) is 0 Å². The highest BCUT2D eigenvalue weighted by atomic mass is 32.2. The topological polar surface area (TPSA) is 105 Å². The van der Waals surface area contributed by atoms with Crippen molar-refractivity contribution in [3.05, 3.63) is 22.0 Å². The van der Waals surface area contributed by atoms with Crippen molar-refractivity contribution in [1.82, 2.24) is 0 Å². The molecule has 0 radical (unpaired) electrons. The van der Waals surface area contributed by atoms with E-state index in [1.54, 1.807) is 0 Å². The Morgan fingerprint density at radius 1 is 0.619 bits per heavy atom. The second-order valence-electron chi connectivity index (χ2n) is 3.17. The molecule has 0 unspecified atom stereocenters. The molecule has 0 N–H and O–H groups in total. The first-order valence-electron chi connectivity index (χ1n) is 5.31. The second-order valence-corrected chi connectivity index (χ2v) is 3.91. The molecule has 0 heterocycles. The molecule has 116 valence electrons. The van der Waals surface area contributed by atoms with Crippen molar-refractivity contribution < 1.29 is 38.1 Å². The Hall–Kier alpha value is -2.29. The van der Waals surface area contributed by atoms with E-state index >= 15 is 0 Å². The van der Waals surface area contributed by atoms with Crippen molar-refractivity contribution in [2.24, 2.45) is 0 Å². The Kier molecular flexibility index (Phi) is 8.54. The monoisotopic (exact) mass is 318 g/mol. The molecule has 0 atom stereocenters. The predicted molar refractivity (Wildman–Crippen MR) is 71.8 cm³/mol. The molecule has 0 amide bonds. The number of methoxy groups -OCH3 is 4. The summed E-state index contributed by atoms with van der Waals surface area (Å²) in [6.07, 6.45) is 0. The van der Waals surface area contributed by atoms with Crippen LogP contribution in [0.15, 0.2) is 22.0 Å². The fourth-order valence-electron chi connectivity index (χ4n) is 0.969. The van der Waals surface area contributed by atoms with Gasteiger partial charge in [-0.05, 0) is 10.8 Å². The summed E-state index contributed by atoms with van der Waals surface area (Å²) in [5.41, 5.74) is -0.786. The van der Waals surface area contributed by atoms with Crippen LogP contribution in [-0.4, -0.2) is 52.3 Å². The van der Waals surface area contributed by atoms with E-state index in [9.17, 15) is 19.2 Å². The highest BCUT2D eigenvalue weighted by Crippen LogP contribution is 2.15. The lowest BCUT2D eigenvalue weighted by Gasteiger charge is -2.03. The Morgan fingerprint density at radius 3 is 1.05 bits per heavy atom. The van der Waals surface area contributed by atoms with E-state index in [1.165, 1.54) is 0 Å². The van der Waals surface area contributed by atoms with Crippen LogP contribution >= 0.6 is 11.8 Å². The number of carbonyl (C=O) groups is 4. The summed E-state index contributed by atoms with van der Waals surface area (Å²) in [6.45, 7) is 0. The number of hydrogen-bond acceptors (Lipinski definition) is 9. The zero-order chi connectivity index (χ0) is 16.4. The highest BCUT2D eigenvalue weighted by Gasteiger charge is 2.21. The normalized spacial score (nSPS) is 8.95. The van der Waals surface area contributed by atoms with Gasteiger partial charge in [0.05, 0.1) is 28.4 Å². The minimum absolute atomic E-state index is 0.393. The van der Waals surface area contributed by atoms with Crippen molar-refractivity contribution >= 4 is 35.6 Å². The Morgan fingerprint density at radius 2 is 0.857 bits per heavy atom. The standard InChI is InChI=1S/C12H14O8S/c1-17-9(13)7(10(14)18-2)5-21-6-8(11(15)19-3)12(16)20-4/h5-6H,1-4H3. The molecule has 0 rings (SSSR count). The third kappa shape index (κ3) is 5.69. The first kappa shape index (κ1) is 18.7. The summed E-state index contributed by atoms with van der Waals surface area (Å²) in [5.74, 6) is -3.67. The number of thioether (sulfide) groups is 1. The average molecular weight is 318 g/mol. The summed E-state index contributed by atoms with van der Waals surface area (Å²) in [6, 6.07) is 0. The number of esters is 4. The summed E-state index contributed by atoms with van der Waals surface area (Å²) in [4.78, 5) is 45.4. The fourth-order valence-corrected chi connectivity index (χ4v) is 1.69. The zero-order valence-electron chi connectivity index (χ0n) is 11.8. The van der Waals surface area contributed by atoms with E-state index in [-0.39, 0.29) is 0 Å². The maximum atomic E-state index is 11.4. The molecular formula is C12H14O8S. The van der Waals surface area contributed by atoms with E-state index in [0.29, 0.717) is 11.8 Å². The van der Waals surface area contributed by atoms with E-state index in [2.05, 4.69) is 18.9 Å². The van der Waals surface area contributed by atoms with E-state index in [0.717, 1.165) is 39.3 Å². The molecule has 21 heavy (non-hydrogen) atoms. The van der Waals surface area contributed by atoms with Gasteiger partial charge in [-0.25, -0.2) is 19.2 Å². The largest absolute Gasteiger partial charge is 0.465 e. The molecule has 0 aliphatic rings. The number of rotatable bonds is 6. The lowest BCUT2D eigenvalue weighted by molar-refractivity contribution is -0.145. The molecule has 0 bridgehead atoms. The lowest BCUT2D eigenvalue weighted by Crippen LogP contribution is -2.16. The van der Waals surface area contributed by atoms with Gasteiger partial charge in [-0.1, -0.05) is 0 Å². The summed E-state index contributed by atoms with van der Waals surface area (Å²) >= 11 is 0.717. The first-order valence-corrected chi connectivity index (χ1v) is 6.26.